The Labute approximate surface area is 239 Å². The van der Waals surface area contributed by atoms with Gasteiger partial charge < -0.3 is 24.6 Å². The van der Waals surface area contributed by atoms with Crippen molar-refractivity contribution in [3.63, 3.8) is 0 Å². The molecule has 0 radical (unpaired) electrons. The predicted molar refractivity (Wildman–Crippen MR) is 158 cm³/mol. The molecule has 2 fully saturated rings. The normalized spacial score (nSPS) is 16.3. The molecule has 9 nitrogen and oxygen atoms in total. The Morgan fingerprint density at radius 2 is 1.88 bits per heavy atom. The number of H-pyrrole nitrogens is 1. The number of amides is 2. The Hall–Kier alpha value is -4.37. The van der Waals surface area contributed by atoms with Gasteiger partial charge in [0, 0.05) is 39.5 Å². The molecule has 0 aliphatic carbocycles. The van der Waals surface area contributed by atoms with E-state index in [1.165, 1.54) is 0 Å². The SMILES string of the molecule is CNC(=O)c1ccc(-c2cc(OC3CCOCC3)c3c(C)n[nH]c3c2)cc1N1CCN(Cc2ccccc2)C(=O)C1. The van der Waals surface area contributed by atoms with Gasteiger partial charge in [-0.2, -0.15) is 5.10 Å². The molecule has 3 aromatic carbocycles. The van der Waals surface area contributed by atoms with E-state index in [1.807, 2.05) is 65.3 Å². The van der Waals surface area contributed by atoms with Crippen LogP contribution >= 0.6 is 0 Å². The highest BCUT2D eigenvalue weighted by Crippen LogP contribution is 2.37. The molecule has 41 heavy (non-hydrogen) atoms. The molecular formula is C32H35N5O4. The van der Waals surface area contributed by atoms with Crippen molar-refractivity contribution < 1.29 is 19.1 Å². The van der Waals surface area contributed by atoms with Gasteiger partial charge in [0.15, 0.2) is 0 Å². The summed E-state index contributed by atoms with van der Waals surface area (Å²) < 4.78 is 12.0. The molecule has 2 aliphatic rings. The van der Waals surface area contributed by atoms with E-state index in [-0.39, 0.29) is 24.5 Å². The number of nitrogens with one attached hydrogen (secondary N) is 2. The molecule has 0 spiro atoms. The molecule has 0 unspecified atom stereocenters. The summed E-state index contributed by atoms with van der Waals surface area (Å²) in [6.45, 7) is 5.35. The van der Waals surface area contributed by atoms with Gasteiger partial charge >= 0.3 is 0 Å². The average Bonchev–Trinajstić information content (AvgIpc) is 3.39. The van der Waals surface area contributed by atoms with Crippen LogP contribution in [0.1, 0.15) is 34.5 Å². The van der Waals surface area contributed by atoms with Crippen LogP contribution in [-0.2, 0) is 16.1 Å². The maximum atomic E-state index is 13.2. The van der Waals surface area contributed by atoms with Gasteiger partial charge in [0.2, 0.25) is 5.91 Å². The first-order valence-electron chi connectivity index (χ1n) is 14.2. The van der Waals surface area contributed by atoms with Crippen LogP contribution in [0.15, 0.2) is 60.7 Å². The quantitative estimate of drug-likeness (QED) is 0.354. The molecule has 212 valence electrons. The second-order valence-electron chi connectivity index (χ2n) is 10.7. The highest BCUT2D eigenvalue weighted by Gasteiger charge is 2.27. The fourth-order valence-corrected chi connectivity index (χ4v) is 5.69. The maximum Gasteiger partial charge on any atom is 0.253 e. The van der Waals surface area contributed by atoms with Gasteiger partial charge in [0.1, 0.15) is 11.9 Å². The van der Waals surface area contributed by atoms with Crippen LogP contribution in [-0.4, -0.2) is 72.9 Å². The lowest BCUT2D eigenvalue weighted by Crippen LogP contribution is -2.50. The topological polar surface area (TPSA) is 99.8 Å². The van der Waals surface area contributed by atoms with Gasteiger partial charge in [-0.3, -0.25) is 14.7 Å². The largest absolute Gasteiger partial charge is 0.489 e. The molecule has 3 heterocycles. The summed E-state index contributed by atoms with van der Waals surface area (Å²) >= 11 is 0. The van der Waals surface area contributed by atoms with Crippen molar-refractivity contribution in [2.45, 2.75) is 32.4 Å². The van der Waals surface area contributed by atoms with E-state index in [9.17, 15) is 9.59 Å². The molecule has 2 N–H and O–H groups in total. The molecule has 0 saturated carbocycles. The molecular weight excluding hydrogens is 518 g/mol. The number of benzene rings is 3. The third kappa shape index (κ3) is 5.63. The van der Waals surface area contributed by atoms with E-state index < -0.39 is 0 Å². The van der Waals surface area contributed by atoms with Crippen LogP contribution in [0.25, 0.3) is 22.0 Å². The minimum atomic E-state index is -0.186. The number of hydrogen-bond acceptors (Lipinski definition) is 6. The third-order valence-electron chi connectivity index (χ3n) is 7.95. The van der Waals surface area contributed by atoms with Gasteiger partial charge in [-0.1, -0.05) is 36.4 Å². The Kier molecular flexibility index (Phi) is 7.61. The van der Waals surface area contributed by atoms with Crippen molar-refractivity contribution in [2.24, 2.45) is 0 Å². The molecule has 0 atom stereocenters. The van der Waals surface area contributed by atoms with Crippen molar-refractivity contribution >= 4 is 28.4 Å². The highest BCUT2D eigenvalue weighted by molar-refractivity contribution is 6.02. The van der Waals surface area contributed by atoms with Crippen molar-refractivity contribution in [1.82, 2.24) is 20.4 Å². The van der Waals surface area contributed by atoms with Crippen LogP contribution in [0.5, 0.6) is 5.75 Å². The number of aromatic nitrogens is 2. The van der Waals surface area contributed by atoms with Crippen molar-refractivity contribution in [1.29, 1.82) is 0 Å². The zero-order chi connectivity index (χ0) is 28.3. The van der Waals surface area contributed by atoms with Crippen LogP contribution in [0.4, 0.5) is 5.69 Å². The number of piperazine rings is 1. The van der Waals surface area contributed by atoms with Crippen molar-refractivity contribution in [3.8, 4) is 16.9 Å². The summed E-state index contributed by atoms with van der Waals surface area (Å²) in [6, 6.07) is 19.9. The number of rotatable bonds is 7. The summed E-state index contributed by atoms with van der Waals surface area (Å²) in [4.78, 5) is 30.0. The lowest BCUT2D eigenvalue weighted by molar-refractivity contribution is -0.131. The van der Waals surface area contributed by atoms with Gasteiger partial charge in [-0.15, -0.1) is 0 Å². The van der Waals surface area contributed by atoms with Gasteiger partial charge in [-0.25, -0.2) is 0 Å². The number of aromatic amines is 1. The second-order valence-corrected chi connectivity index (χ2v) is 10.7. The van der Waals surface area contributed by atoms with Crippen molar-refractivity contribution in [3.05, 3.63) is 77.5 Å². The lowest BCUT2D eigenvalue weighted by Gasteiger charge is -2.36. The first-order valence-corrected chi connectivity index (χ1v) is 14.2. The molecule has 1 aromatic heterocycles. The minimum absolute atomic E-state index is 0.0369. The number of anilines is 1. The monoisotopic (exact) mass is 553 g/mol. The lowest BCUT2D eigenvalue weighted by atomic mass is 9.99. The first kappa shape index (κ1) is 26.8. The van der Waals surface area contributed by atoms with E-state index >= 15 is 0 Å². The highest BCUT2D eigenvalue weighted by atomic mass is 16.5. The molecule has 2 amide bonds. The Bertz CT molecular complexity index is 1560. The minimum Gasteiger partial charge on any atom is -0.489 e. The second kappa shape index (κ2) is 11.6. The molecule has 4 aromatic rings. The van der Waals surface area contributed by atoms with Crippen LogP contribution in [0, 0.1) is 6.92 Å². The van der Waals surface area contributed by atoms with E-state index in [2.05, 4.69) is 27.6 Å². The zero-order valence-corrected chi connectivity index (χ0v) is 23.5. The van der Waals surface area contributed by atoms with E-state index in [4.69, 9.17) is 9.47 Å². The molecule has 6 rings (SSSR count). The van der Waals surface area contributed by atoms with Gasteiger partial charge in [-0.05, 0) is 47.9 Å². The maximum absolute atomic E-state index is 13.2. The predicted octanol–water partition coefficient (Wildman–Crippen LogP) is 4.30. The van der Waals surface area contributed by atoms with E-state index in [0.717, 1.165) is 57.6 Å². The fraction of sp³-hybridized carbons (Fsp3) is 0.344. The average molecular weight is 554 g/mol. The molecule has 2 saturated heterocycles. The number of fused-ring (bicyclic) bond motifs is 1. The van der Waals surface area contributed by atoms with Crippen LogP contribution in [0.3, 0.4) is 0 Å². The summed E-state index contributed by atoms with van der Waals surface area (Å²) in [7, 11) is 1.62. The van der Waals surface area contributed by atoms with Gasteiger partial charge in [0.25, 0.3) is 5.91 Å². The number of carbonyl (C=O) groups is 2. The molecule has 0 bridgehead atoms. The number of ether oxygens (including phenoxy) is 2. The Balaban J connectivity index is 1.32. The number of hydrogen-bond donors (Lipinski definition) is 2. The first-order chi connectivity index (χ1) is 20.0. The zero-order valence-electron chi connectivity index (χ0n) is 23.5. The van der Waals surface area contributed by atoms with E-state index in [0.29, 0.717) is 38.4 Å². The number of nitrogens with zero attached hydrogens (tertiary/aromatic N) is 3. The van der Waals surface area contributed by atoms with Gasteiger partial charge in [0.05, 0.1) is 47.6 Å². The Morgan fingerprint density at radius 1 is 1.07 bits per heavy atom. The third-order valence-corrected chi connectivity index (χ3v) is 7.95. The summed E-state index contributed by atoms with van der Waals surface area (Å²) in [6.07, 6.45) is 1.77. The smallest absolute Gasteiger partial charge is 0.253 e. The standard InChI is InChI=1S/C32H35N5O4/c1-21-31-27(35-34-21)16-24(18-29(31)41-25-10-14-40-15-11-25)23-8-9-26(32(39)33-2)28(17-23)36-12-13-37(30(38)20-36)19-22-6-4-3-5-7-22/h3-9,16-18,25H,10-15,19-20H2,1-2H3,(H,33,39)(H,34,35). The fourth-order valence-electron chi connectivity index (χ4n) is 5.69. The summed E-state index contributed by atoms with van der Waals surface area (Å²) in [5, 5.41) is 11.3. The summed E-state index contributed by atoms with van der Waals surface area (Å²) in [5.74, 6) is 0.640. The number of carbonyl (C=O) groups excluding carboxylic acids is 2. The van der Waals surface area contributed by atoms with Crippen molar-refractivity contribution in [2.75, 3.05) is 44.8 Å². The van der Waals surface area contributed by atoms with E-state index in [1.54, 1.807) is 7.05 Å². The van der Waals surface area contributed by atoms with Crippen LogP contribution < -0.4 is 15.0 Å². The Morgan fingerprint density at radius 3 is 2.63 bits per heavy atom. The van der Waals surface area contributed by atoms with Crippen LogP contribution in [0.2, 0.25) is 0 Å². The molecule has 2 aliphatic heterocycles. The molecule has 9 heteroatoms. The summed E-state index contributed by atoms with van der Waals surface area (Å²) in [5.41, 5.74) is 6.03. The number of aryl methyl sites for hydroxylation is 1.